The van der Waals surface area contributed by atoms with Crippen LogP contribution in [0.4, 0.5) is 10.1 Å². The molecule has 31 heavy (non-hydrogen) atoms. The van der Waals surface area contributed by atoms with Gasteiger partial charge in [-0.1, -0.05) is 19.1 Å². The first-order valence-electron chi connectivity index (χ1n) is 9.38. The normalized spacial score (nSPS) is 11.5. The maximum atomic E-state index is 14.2. The Labute approximate surface area is 177 Å². The zero-order valence-electron chi connectivity index (χ0n) is 16.4. The summed E-state index contributed by atoms with van der Waals surface area (Å²) in [4.78, 5) is 21.0. The average Bonchev–Trinajstić information content (AvgIpc) is 3.18. The Kier molecular flexibility index (Phi) is 5.49. The summed E-state index contributed by atoms with van der Waals surface area (Å²) in [5.74, 6) is -1.02. The second-order valence-electron chi connectivity index (χ2n) is 6.61. The van der Waals surface area contributed by atoms with Crippen LogP contribution in [-0.4, -0.2) is 35.4 Å². The summed E-state index contributed by atoms with van der Waals surface area (Å²) in [6.45, 7) is 1.80. The molecule has 0 radical (unpaired) electrons. The van der Waals surface area contributed by atoms with Gasteiger partial charge in [-0.2, -0.15) is 0 Å². The maximum Gasteiger partial charge on any atom is 0.258 e. The quantitative estimate of drug-likeness (QED) is 0.480. The largest absolute Gasteiger partial charge is 0.320 e. The molecule has 4 aromatic rings. The standard InChI is InChI=1S/C21H18FN5O3S/c1-2-25-31(29,30)15-8-9-17(22)16(11-15)21(28)26-14-7-10-20(23-12-14)27-13-24-18-5-3-4-6-19(18)27/h3-13,25H,2H2,1H3,(H,26,28). The third-order valence-electron chi connectivity index (χ3n) is 4.53. The van der Waals surface area contributed by atoms with Crippen LogP contribution in [0.2, 0.25) is 0 Å². The first-order valence-corrected chi connectivity index (χ1v) is 10.9. The van der Waals surface area contributed by atoms with Gasteiger partial charge in [0.25, 0.3) is 5.91 Å². The highest BCUT2D eigenvalue weighted by atomic mass is 32.2. The van der Waals surface area contributed by atoms with Crippen LogP contribution in [-0.2, 0) is 10.0 Å². The molecule has 8 nitrogen and oxygen atoms in total. The molecule has 0 fully saturated rings. The fourth-order valence-electron chi connectivity index (χ4n) is 3.06. The van der Waals surface area contributed by atoms with Gasteiger partial charge in [-0.25, -0.2) is 27.5 Å². The number of anilines is 1. The third-order valence-corrected chi connectivity index (χ3v) is 6.08. The van der Waals surface area contributed by atoms with Crippen molar-refractivity contribution in [3.05, 3.63) is 78.5 Å². The minimum atomic E-state index is -3.82. The van der Waals surface area contributed by atoms with Gasteiger partial charge in [0.1, 0.15) is 18.0 Å². The van der Waals surface area contributed by atoms with Gasteiger partial charge in [-0.15, -0.1) is 0 Å². The van der Waals surface area contributed by atoms with Crippen molar-refractivity contribution in [2.24, 2.45) is 0 Å². The first-order chi connectivity index (χ1) is 14.9. The fraction of sp³-hybridized carbons (Fsp3) is 0.0952. The lowest BCUT2D eigenvalue weighted by molar-refractivity contribution is 0.102. The average molecular weight is 439 g/mol. The smallest absolute Gasteiger partial charge is 0.258 e. The molecule has 2 aromatic carbocycles. The van der Waals surface area contributed by atoms with E-state index in [9.17, 15) is 17.6 Å². The molecule has 0 aliphatic rings. The van der Waals surface area contributed by atoms with Gasteiger partial charge in [0.15, 0.2) is 0 Å². The summed E-state index contributed by atoms with van der Waals surface area (Å²) in [5, 5.41) is 2.54. The number of pyridine rings is 1. The number of fused-ring (bicyclic) bond motifs is 1. The number of para-hydroxylation sites is 2. The number of rotatable bonds is 6. The van der Waals surface area contributed by atoms with Crippen molar-refractivity contribution < 1.29 is 17.6 Å². The van der Waals surface area contributed by atoms with E-state index in [0.717, 1.165) is 29.2 Å². The zero-order chi connectivity index (χ0) is 22.0. The zero-order valence-corrected chi connectivity index (χ0v) is 17.2. The Hall–Kier alpha value is -3.63. The minimum absolute atomic E-state index is 0.172. The van der Waals surface area contributed by atoms with Gasteiger partial charge < -0.3 is 5.32 Å². The van der Waals surface area contributed by atoms with E-state index >= 15 is 0 Å². The lowest BCUT2D eigenvalue weighted by atomic mass is 10.2. The molecule has 158 valence electrons. The molecule has 0 bridgehead atoms. The van der Waals surface area contributed by atoms with E-state index in [-0.39, 0.29) is 17.0 Å². The van der Waals surface area contributed by atoms with Crippen molar-refractivity contribution in [1.82, 2.24) is 19.3 Å². The summed E-state index contributed by atoms with van der Waals surface area (Å²) in [6, 6.07) is 14.0. The monoisotopic (exact) mass is 439 g/mol. The van der Waals surface area contributed by atoms with Crippen molar-refractivity contribution in [2.45, 2.75) is 11.8 Å². The van der Waals surface area contributed by atoms with Crippen molar-refractivity contribution in [3.63, 3.8) is 0 Å². The van der Waals surface area contributed by atoms with Crippen LogP contribution in [0, 0.1) is 5.82 Å². The highest BCUT2D eigenvalue weighted by Gasteiger charge is 2.19. The fourth-order valence-corrected chi connectivity index (χ4v) is 4.13. The van der Waals surface area contributed by atoms with E-state index in [4.69, 9.17) is 0 Å². The molecule has 4 rings (SSSR count). The van der Waals surface area contributed by atoms with Crippen molar-refractivity contribution >= 4 is 32.7 Å². The number of halogens is 1. The van der Waals surface area contributed by atoms with Crippen LogP contribution < -0.4 is 10.0 Å². The molecule has 0 spiro atoms. The van der Waals surface area contributed by atoms with E-state index in [2.05, 4.69) is 20.0 Å². The number of sulfonamides is 1. The van der Waals surface area contributed by atoms with E-state index in [1.54, 1.807) is 30.0 Å². The molecule has 2 N–H and O–H groups in total. The number of hydrogen-bond acceptors (Lipinski definition) is 5. The third kappa shape index (κ3) is 4.16. The van der Waals surface area contributed by atoms with Crippen molar-refractivity contribution in [1.29, 1.82) is 0 Å². The van der Waals surface area contributed by atoms with E-state index in [0.29, 0.717) is 11.5 Å². The second kappa shape index (κ2) is 8.25. The summed E-state index contributed by atoms with van der Waals surface area (Å²) in [5.41, 5.74) is 1.65. The number of amides is 1. The molecular weight excluding hydrogens is 421 g/mol. The van der Waals surface area contributed by atoms with Gasteiger partial charge in [0, 0.05) is 6.54 Å². The van der Waals surface area contributed by atoms with Crippen LogP contribution >= 0.6 is 0 Å². The second-order valence-corrected chi connectivity index (χ2v) is 8.37. The Morgan fingerprint density at radius 3 is 2.65 bits per heavy atom. The van der Waals surface area contributed by atoms with E-state index < -0.39 is 21.7 Å². The van der Waals surface area contributed by atoms with E-state index in [1.807, 2.05) is 24.3 Å². The van der Waals surface area contributed by atoms with Gasteiger partial charge in [0.05, 0.1) is 33.4 Å². The number of nitrogens with zero attached hydrogens (tertiary/aromatic N) is 3. The molecule has 0 aliphatic heterocycles. The molecule has 0 atom stereocenters. The summed E-state index contributed by atoms with van der Waals surface area (Å²) >= 11 is 0. The molecular formula is C21H18FN5O3S. The Morgan fingerprint density at radius 1 is 1.10 bits per heavy atom. The van der Waals surface area contributed by atoms with Crippen LogP contribution in [0.3, 0.4) is 0 Å². The van der Waals surface area contributed by atoms with Crippen molar-refractivity contribution in [2.75, 3.05) is 11.9 Å². The lowest BCUT2D eigenvalue weighted by Gasteiger charge is -2.10. The number of carbonyl (C=O) groups excluding carboxylic acids is 1. The molecule has 1 amide bonds. The predicted octanol–water partition coefficient (Wildman–Crippen LogP) is 3.11. The van der Waals surface area contributed by atoms with Gasteiger partial charge >= 0.3 is 0 Å². The molecule has 0 saturated heterocycles. The summed E-state index contributed by atoms with van der Waals surface area (Å²) in [7, 11) is -3.82. The number of aromatic nitrogens is 3. The van der Waals surface area contributed by atoms with Crippen LogP contribution in [0.15, 0.2) is 72.0 Å². The molecule has 10 heteroatoms. The number of nitrogens with one attached hydrogen (secondary N) is 2. The van der Waals surface area contributed by atoms with Gasteiger partial charge in [-0.05, 0) is 42.5 Å². The van der Waals surface area contributed by atoms with Crippen molar-refractivity contribution in [3.8, 4) is 5.82 Å². The first kappa shape index (κ1) is 20.6. The maximum absolute atomic E-state index is 14.2. The predicted molar refractivity (Wildman–Crippen MR) is 114 cm³/mol. The highest BCUT2D eigenvalue weighted by molar-refractivity contribution is 7.89. The highest BCUT2D eigenvalue weighted by Crippen LogP contribution is 2.19. The molecule has 0 saturated carbocycles. The summed E-state index contributed by atoms with van der Waals surface area (Å²) in [6.07, 6.45) is 3.08. The Balaban J connectivity index is 1.57. The van der Waals surface area contributed by atoms with Crippen LogP contribution in [0.1, 0.15) is 17.3 Å². The molecule has 0 aliphatic carbocycles. The Bertz CT molecular complexity index is 1370. The SMILES string of the molecule is CCNS(=O)(=O)c1ccc(F)c(C(=O)Nc2ccc(-n3cnc4ccccc43)nc2)c1. The van der Waals surface area contributed by atoms with Gasteiger partial charge in [0.2, 0.25) is 10.0 Å². The number of carbonyl (C=O) groups is 1. The topological polar surface area (TPSA) is 106 Å². The van der Waals surface area contributed by atoms with Crippen LogP contribution in [0.5, 0.6) is 0 Å². The lowest BCUT2D eigenvalue weighted by Crippen LogP contribution is -2.24. The van der Waals surface area contributed by atoms with Crippen LogP contribution in [0.25, 0.3) is 16.9 Å². The molecule has 2 aromatic heterocycles. The van der Waals surface area contributed by atoms with E-state index in [1.165, 1.54) is 6.20 Å². The number of benzene rings is 2. The number of imidazole rings is 1. The van der Waals surface area contributed by atoms with Gasteiger partial charge in [-0.3, -0.25) is 9.36 Å². The summed E-state index contributed by atoms with van der Waals surface area (Å²) < 4.78 is 42.6. The Morgan fingerprint density at radius 2 is 1.90 bits per heavy atom. The molecule has 0 unspecified atom stereocenters. The minimum Gasteiger partial charge on any atom is -0.320 e. The number of hydrogen-bond donors (Lipinski definition) is 2. The molecule has 2 heterocycles.